The van der Waals surface area contributed by atoms with Crippen LogP contribution in [0.5, 0.6) is 11.7 Å². The topological polar surface area (TPSA) is 63.9 Å². The Bertz CT molecular complexity index is 675. The molecule has 1 aliphatic heterocycles. The predicted octanol–water partition coefficient (Wildman–Crippen LogP) is 2.83. The average Bonchev–Trinajstić information content (AvgIpc) is 3.10. The van der Waals surface area contributed by atoms with Crippen LogP contribution in [0.2, 0.25) is 0 Å². The van der Waals surface area contributed by atoms with Crippen LogP contribution in [0.25, 0.3) is 0 Å². The second-order valence-electron chi connectivity index (χ2n) is 6.10. The number of morpholine rings is 1. The number of rotatable bonds is 7. The first-order chi connectivity index (χ1) is 12.2. The molecule has 1 aromatic carbocycles. The van der Waals surface area contributed by atoms with Crippen LogP contribution >= 0.6 is 0 Å². The first-order valence-corrected chi connectivity index (χ1v) is 8.63. The van der Waals surface area contributed by atoms with Crippen LogP contribution in [0.4, 0.5) is 0 Å². The number of furan rings is 1. The van der Waals surface area contributed by atoms with Crippen molar-refractivity contribution in [2.24, 2.45) is 0 Å². The van der Waals surface area contributed by atoms with Gasteiger partial charge in [0.25, 0.3) is 11.9 Å². The van der Waals surface area contributed by atoms with Gasteiger partial charge in [-0.2, -0.15) is 0 Å². The monoisotopic (exact) mass is 344 g/mol. The van der Waals surface area contributed by atoms with Crippen molar-refractivity contribution in [3.8, 4) is 11.7 Å². The molecule has 6 heteroatoms. The zero-order valence-corrected chi connectivity index (χ0v) is 14.5. The van der Waals surface area contributed by atoms with Gasteiger partial charge in [0, 0.05) is 25.7 Å². The maximum absolute atomic E-state index is 12.1. The van der Waals surface area contributed by atoms with Gasteiger partial charge in [0.05, 0.1) is 13.2 Å². The highest BCUT2D eigenvalue weighted by Crippen LogP contribution is 2.23. The van der Waals surface area contributed by atoms with Crippen molar-refractivity contribution in [1.29, 1.82) is 0 Å². The van der Waals surface area contributed by atoms with Crippen molar-refractivity contribution >= 4 is 5.91 Å². The van der Waals surface area contributed by atoms with E-state index in [4.69, 9.17) is 13.9 Å². The molecule has 1 saturated heterocycles. The summed E-state index contributed by atoms with van der Waals surface area (Å²) in [5.41, 5.74) is 1.16. The highest BCUT2D eigenvalue weighted by atomic mass is 16.6. The molecule has 6 nitrogen and oxygen atoms in total. The molecule has 1 aromatic heterocycles. The quantitative estimate of drug-likeness (QED) is 0.783. The molecule has 0 radical (unpaired) electrons. The molecule has 0 saturated carbocycles. The molecule has 0 spiro atoms. The van der Waals surface area contributed by atoms with Gasteiger partial charge in [-0.25, -0.2) is 0 Å². The molecule has 0 atom stereocenters. The summed E-state index contributed by atoms with van der Waals surface area (Å²) < 4.78 is 16.4. The Balaban J connectivity index is 1.41. The van der Waals surface area contributed by atoms with Gasteiger partial charge in [-0.15, -0.1) is 0 Å². The smallest absolute Gasteiger partial charge is 0.290 e. The van der Waals surface area contributed by atoms with Crippen LogP contribution < -0.4 is 10.1 Å². The first-order valence-electron chi connectivity index (χ1n) is 8.63. The average molecular weight is 344 g/mol. The van der Waals surface area contributed by atoms with E-state index in [2.05, 4.69) is 10.2 Å². The molecule has 1 aliphatic rings. The molecule has 0 aliphatic carbocycles. The number of nitrogens with one attached hydrogen (secondary N) is 1. The Labute approximate surface area is 147 Å². The SMILES string of the molecule is Cc1ccc(Oc2ccc(C(=O)NCCCN3CCOCC3)o2)cc1. The fourth-order valence-electron chi connectivity index (χ4n) is 2.64. The summed E-state index contributed by atoms with van der Waals surface area (Å²) in [5.74, 6) is 1.02. The lowest BCUT2D eigenvalue weighted by atomic mass is 10.2. The lowest BCUT2D eigenvalue weighted by Gasteiger charge is -2.26. The number of hydrogen-bond acceptors (Lipinski definition) is 5. The van der Waals surface area contributed by atoms with Gasteiger partial charge in [0.1, 0.15) is 5.75 Å². The maximum Gasteiger partial charge on any atom is 0.290 e. The van der Waals surface area contributed by atoms with Crippen LogP contribution in [-0.2, 0) is 4.74 Å². The molecular formula is C19H24N2O4. The highest BCUT2D eigenvalue weighted by molar-refractivity contribution is 5.91. The second-order valence-corrected chi connectivity index (χ2v) is 6.10. The van der Waals surface area contributed by atoms with E-state index in [1.165, 1.54) is 0 Å². The van der Waals surface area contributed by atoms with E-state index in [1.807, 2.05) is 31.2 Å². The van der Waals surface area contributed by atoms with Gasteiger partial charge in [-0.05, 0) is 38.1 Å². The molecule has 2 heterocycles. The summed E-state index contributed by atoms with van der Waals surface area (Å²) in [5, 5.41) is 2.88. The molecule has 134 valence electrons. The molecule has 1 fully saturated rings. The molecule has 25 heavy (non-hydrogen) atoms. The normalized spacial score (nSPS) is 15.1. The van der Waals surface area contributed by atoms with Crippen LogP contribution in [-0.4, -0.2) is 50.2 Å². The van der Waals surface area contributed by atoms with Gasteiger partial charge in [-0.1, -0.05) is 17.7 Å². The third kappa shape index (κ3) is 5.34. The van der Waals surface area contributed by atoms with Crippen molar-refractivity contribution in [3.63, 3.8) is 0 Å². The zero-order chi connectivity index (χ0) is 17.5. The lowest BCUT2D eigenvalue weighted by Crippen LogP contribution is -2.38. The Morgan fingerprint density at radius 1 is 1.16 bits per heavy atom. The van der Waals surface area contributed by atoms with Gasteiger partial charge in [-0.3, -0.25) is 9.69 Å². The standard InChI is InChI=1S/C19H24N2O4/c1-15-3-5-16(6-4-15)24-18-8-7-17(25-18)19(22)20-9-2-10-21-11-13-23-14-12-21/h3-8H,2,9-14H2,1H3,(H,20,22). The van der Waals surface area contributed by atoms with E-state index >= 15 is 0 Å². The number of carbonyl (C=O) groups is 1. The number of nitrogens with zero attached hydrogens (tertiary/aromatic N) is 1. The van der Waals surface area contributed by atoms with Crippen molar-refractivity contribution in [1.82, 2.24) is 10.2 Å². The summed E-state index contributed by atoms with van der Waals surface area (Å²) in [6.07, 6.45) is 0.902. The minimum absolute atomic E-state index is 0.222. The fraction of sp³-hybridized carbons (Fsp3) is 0.421. The van der Waals surface area contributed by atoms with Gasteiger partial charge in [0.15, 0.2) is 5.76 Å². The first kappa shape index (κ1) is 17.5. The summed E-state index contributed by atoms with van der Waals surface area (Å²) in [4.78, 5) is 14.5. The van der Waals surface area contributed by atoms with E-state index in [1.54, 1.807) is 12.1 Å². The van der Waals surface area contributed by atoms with Crippen molar-refractivity contribution in [2.45, 2.75) is 13.3 Å². The summed E-state index contributed by atoms with van der Waals surface area (Å²) >= 11 is 0. The molecule has 2 aromatic rings. The Hall–Kier alpha value is -2.31. The second kappa shape index (κ2) is 8.69. The molecular weight excluding hydrogens is 320 g/mol. The minimum Gasteiger partial charge on any atom is -0.426 e. The van der Waals surface area contributed by atoms with Crippen LogP contribution in [0, 0.1) is 6.92 Å². The molecule has 1 amide bonds. The number of hydrogen-bond donors (Lipinski definition) is 1. The van der Waals surface area contributed by atoms with Gasteiger partial charge >= 0.3 is 0 Å². The van der Waals surface area contributed by atoms with E-state index in [9.17, 15) is 4.79 Å². The zero-order valence-electron chi connectivity index (χ0n) is 14.5. The van der Waals surface area contributed by atoms with E-state index in [0.29, 0.717) is 18.2 Å². The fourth-order valence-corrected chi connectivity index (χ4v) is 2.64. The third-order valence-electron chi connectivity index (χ3n) is 4.08. The predicted molar refractivity (Wildman–Crippen MR) is 94.2 cm³/mol. The largest absolute Gasteiger partial charge is 0.426 e. The summed E-state index contributed by atoms with van der Waals surface area (Å²) in [6.45, 7) is 7.11. The van der Waals surface area contributed by atoms with Crippen LogP contribution in [0.3, 0.4) is 0 Å². The Morgan fingerprint density at radius 3 is 2.68 bits per heavy atom. The van der Waals surface area contributed by atoms with Crippen LogP contribution in [0.1, 0.15) is 22.5 Å². The van der Waals surface area contributed by atoms with Crippen LogP contribution in [0.15, 0.2) is 40.8 Å². The minimum atomic E-state index is -0.222. The van der Waals surface area contributed by atoms with Crippen molar-refractivity contribution < 1.29 is 18.7 Å². The molecule has 3 rings (SSSR count). The number of carbonyl (C=O) groups excluding carboxylic acids is 1. The molecule has 1 N–H and O–H groups in total. The van der Waals surface area contributed by atoms with E-state index in [0.717, 1.165) is 44.8 Å². The van der Waals surface area contributed by atoms with Gasteiger partial charge < -0.3 is 19.2 Å². The van der Waals surface area contributed by atoms with Crippen molar-refractivity contribution in [2.75, 3.05) is 39.4 Å². The molecule has 0 unspecified atom stereocenters. The Morgan fingerprint density at radius 2 is 1.92 bits per heavy atom. The number of amides is 1. The number of aryl methyl sites for hydroxylation is 1. The van der Waals surface area contributed by atoms with Crippen molar-refractivity contribution in [3.05, 3.63) is 47.7 Å². The third-order valence-corrected chi connectivity index (χ3v) is 4.08. The summed E-state index contributed by atoms with van der Waals surface area (Å²) in [7, 11) is 0. The number of ether oxygens (including phenoxy) is 2. The van der Waals surface area contributed by atoms with E-state index in [-0.39, 0.29) is 11.7 Å². The highest BCUT2D eigenvalue weighted by Gasteiger charge is 2.13. The molecule has 0 bridgehead atoms. The van der Waals surface area contributed by atoms with E-state index < -0.39 is 0 Å². The maximum atomic E-state index is 12.1. The summed E-state index contributed by atoms with van der Waals surface area (Å²) in [6, 6.07) is 10.9. The van der Waals surface area contributed by atoms with Gasteiger partial charge in [0.2, 0.25) is 0 Å². The number of benzene rings is 1. The Kier molecular flexibility index (Phi) is 6.09. The lowest BCUT2D eigenvalue weighted by molar-refractivity contribution is 0.0374.